The Morgan fingerprint density at radius 3 is 1.14 bits per heavy atom. The van der Waals surface area contributed by atoms with Gasteiger partial charge in [0.1, 0.15) is 0 Å². The van der Waals surface area contributed by atoms with E-state index >= 15 is 0 Å². The maximum atomic E-state index is 10.7. The first-order valence-corrected chi connectivity index (χ1v) is 19.1. The Hall–Kier alpha value is -6.06. The van der Waals surface area contributed by atoms with E-state index in [2.05, 4.69) is 60.7 Å². The van der Waals surface area contributed by atoms with Crippen LogP contribution < -0.4 is 29.2 Å². The number of nitrogens with zero attached hydrogens (tertiary/aromatic N) is 2. The molecule has 0 radical (unpaired) electrons. The van der Waals surface area contributed by atoms with Crippen LogP contribution in [0.25, 0.3) is 22.5 Å². The molecule has 0 saturated heterocycles. The second kappa shape index (κ2) is 22.4. The quantitative estimate of drug-likeness (QED) is 0.0536. The first-order chi connectivity index (χ1) is 27.6. The van der Waals surface area contributed by atoms with Gasteiger partial charge in [0.25, 0.3) is 11.4 Å². The van der Waals surface area contributed by atoms with Gasteiger partial charge in [-0.25, -0.2) is 0 Å². The number of hydrogen-bond acceptors (Lipinski definition) is 5. The molecule has 0 atom stereocenters. The summed E-state index contributed by atoms with van der Waals surface area (Å²) in [5, 5.41) is 21.4. The average Bonchev–Trinajstić information content (AvgIpc) is 3.26. The van der Waals surface area contributed by atoms with Crippen molar-refractivity contribution in [1.29, 1.82) is 0 Å². The summed E-state index contributed by atoms with van der Waals surface area (Å²) in [5.41, 5.74) is 7.63. The summed E-state index contributed by atoms with van der Waals surface area (Å²) >= 11 is 0. The predicted octanol–water partition coefficient (Wildman–Crippen LogP) is 6.70. The molecular formula is C48H49BN2O5. The monoisotopic (exact) mass is 744 g/mol. The normalized spacial score (nSPS) is 10.6. The van der Waals surface area contributed by atoms with Crippen molar-refractivity contribution in [2.24, 2.45) is 0 Å². The Bertz CT molecular complexity index is 1930. The molecule has 0 aliphatic carbocycles. The minimum Gasteiger partial charge on any atom is -0.871 e. The van der Waals surface area contributed by atoms with Crippen molar-refractivity contribution in [3.05, 3.63) is 217 Å². The third-order valence-electron chi connectivity index (χ3n) is 9.07. The fourth-order valence-electron chi connectivity index (χ4n) is 6.64. The van der Waals surface area contributed by atoms with Crippen LogP contribution in [0.1, 0.15) is 43.4 Å². The van der Waals surface area contributed by atoms with E-state index in [4.69, 9.17) is 14.3 Å². The Balaban J connectivity index is 0.000000171. The van der Waals surface area contributed by atoms with Crippen LogP contribution in [0.5, 0.6) is 0 Å². The van der Waals surface area contributed by atoms with Gasteiger partial charge in [0, 0.05) is 45.7 Å². The van der Waals surface area contributed by atoms with Crippen LogP contribution in [0.4, 0.5) is 0 Å². The molecule has 56 heavy (non-hydrogen) atoms. The maximum absolute atomic E-state index is 10.7. The van der Waals surface area contributed by atoms with Crippen LogP contribution in [-0.2, 0) is 10.1 Å². The highest BCUT2D eigenvalue weighted by atomic mass is 16.7. The van der Waals surface area contributed by atoms with Gasteiger partial charge in [0.05, 0.1) is 18.4 Å². The highest BCUT2D eigenvalue weighted by Crippen LogP contribution is 2.43. The van der Waals surface area contributed by atoms with Gasteiger partial charge in [-0.1, -0.05) is 127 Å². The molecule has 0 fully saturated rings. The molecule has 5 aromatic carbocycles. The zero-order valence-electron chi connectivity index (χ0n) is 32.1. The van der Waals surface area contributed by atoms with Crippen molar-refractivity contribution in [2.75, 3.05) is 19.8 Å². The van der Waals surface area contributed by atoms with Crippen LogP contribution in [-0.4, -0.2) is 27.1 Å². The zero-order chi connectivity index (χ0) is 39.3. The summed E-state index contributed by atoms with van der Waals surface area (Å²) in [7, 11) is -2.23. The fraction of sp³-hybridized carbons (Fsp3) is 0.167. The molecule has 0 saturated carbocycles. The number of aromatic nitrogens is 2. The lowest BCUT2D eigenvalue weighted by Gasteiger charge is -2.37. The first kappa shape index (κ1) is 41.1. The second-order valence-electron chi connectivity index (χ2n) is 12.7. The maximum Gasteiger partial charge on any atom is 0.264 e. The lowest BCUT2D eigenvalue weighted by molar-refractivity contribution is -0.882. The predicted molar refractivity (Wildman–Crippen MR) is 219 cm³/mol. The lowest BCUT2D eigenvalue weighted by Crippen LogP contribution is -2.48. The van der Waals surface area contributed by atoms with Crippen LogP contribution in [0.2, 0.25) is 0 Å². The van der Waals surface area contributed by atoms with E-state index in [1.54, 1.807) is 9.46 Å². The van der Waals surface area contributed by atoms with Gasteiger partial charge in [-0.15, -0.1) is 0 Å². The SMILES string of the molecule is CCO[n+]1ccccc1-c1ccccc1.CCO[n+]1ccccc1-c1ccccc1.[O-]B([O-])OCCCC(c1ccccc1)(c1ccccc1)c1ccccc1. The highest BCUT2D eigenvalue weighted by molar-refractivity contribution is 6.28. The molecule has 7 nitrogen and oxygen atoms in total. The molecule has 0 unspecified atom stereocenters. The van der Waals surface area contributed by atoms with E-state index < -0.39 is 7.32 Å². The number of pyridine rings is 2. The first-order valence-electron chi connectivity index (χ1n) is 19.1. The molecule has 7 rings (SSSR count). The van der Waals surface area contributed by atoms with Crippen molar-refractivity contribution in [3.8, 4) is 22.5 Å². The van der Waals surface area contributed by atoms with Crippen molar-refractivity contribution in [1.82, 2.24) is 0 Å². The summed E-state index contributed by atoms with van der Waals surface area (Å²) < 4.78 is 8.34. The van der Waals surface area contributed by atoms with Gasteiger partial charge in [0.2, 0.25) is 12.4 Å². The topological polar surface area (TPSA) is 81.6 Å². The molecule has 0 amide bonds. The average molecular weight is 745 g/mol. The van der Waals surface area contributed by atoms with Gasteiger partial charge in [-0.3, -0.25) is 9.68 Å². The van der Waals surface area contributed by atoms with Gasteiger partial charge in [-0.2, -0.15) is 0 Å². The van der Waals surface area contributed by atoms with Crippen molar-refractivity contribution in [3.63, 3.8) is 0 Å². The minimum absolute atomic E-state index is 0.159. The highest BCUT2D eigenvalue weighted by Gasteiger charge is 2.35. The van der Waals surface area contributed by atoms with Gasteiger partial charge in [0.15, 0.2) is 13.2 Å². The van der Waals surface area contributed by atoms with E-state index in [1.807, 2.05) is 154 Å². The van der Waals surface area contributed by atoms with Crippen LogP contribution in [0, 0.1) is 0 Å². The third kappa shape index (κ3) is 11.5. The summed E-state index contributed by atoms with van der Waals surface area (Å²) in [6, 6.07) is 63.5. The molecule has 284 valence electrons. The summed E-state index contributed by atoms with van der Waals surface area (Å²) in [4.78, 5) is 11.0. The molecule has 0 N–H and O–H groups in total. The van der Waals surface area contributed by atoms with Gasteiger partial charge >= 0.3 is 0 Å². The van der Waals surface area contributed by atoms with Crippen LogP contribution >= 0.6 is 0 Å². The zero-order valence-corrected chi connectivity index (χ0v) is 32.1. The molecule has 0 aliphatic heterocycles. The van der Waals surface area contributed by atoms with Crippen molar-refractivity contribution in [2.45, 2.75) is 32.1 Å². The molecule has 0 aliphatic rings. The summed E-state index contributed by atoms with van der Waals surface area (Å²) in [5.74, 6) is 0. The number of hydrogen-bond donors (Lipinski definition) is 0. The van der Waals surface area contributed by atoms with E-state index in [0.29, 0.717) is 19.6 Å². The summed E-state index contributed by atoms with van der Waals surface area (Å²) in [6.45, 7) is 5.44. The molecule has 2 aromatic heterocycles. The minimum atomic E-state index is -2.23. The van der Waals surface area contributed by atoms with E-state index in [1.165, 1.54) is 16.7 Å². The molecule has 7 aromatic rings. The standard InChI is InChI=1S/C22H21BO3.2C13H14NO/c24-23(25)26-18-10-17-22(19-11-4-1-5-12-19,20-13-6-2-7-14-20)21-15-8-3-9-16-21;2*1-2-15-14-11-7-6-10-13(14)12-8-4-3-5-9-12/h1-9,11-16H,10,17-18H2;2*3-11H,2H2,1H3/q-2;2*+1. The van der Waals surface area contributed by atoms with Gasteiger partial charge < -0.3 is 14.7 Å². The summed E-state index contributed by atoms with van der Waals surface area (Å²) in [6.07, 6.45) is 5.19. The fourth-order valence-corrected chi connectivity index (χ4v) is 6.64. The smallest absolute Gasteiger partial charge is 0.264 e. The van der Waals surface area contributed by atoms with E-state index in [9.17, 15) is 10.0 Å². The third-order valence-corrected chi connectivity index (χ3v) is 9.07. The lowest BCUT2D eigenvalue weighted by atomic mass is 9.67. The molecule has 8 heteroatoms. The van der Waals surface area contributed by atoms with Gasteiger partial charge in [-0.05, 0) is 79.8 Å². The largest absolute Gasteiger partial charge is 0.871 e. The number of rotatable bonds is 14. The Morgan fingerprint density at radius 2 is 0.804 bits per heavy atom. The van der Waals surface area contributed by atoms with E-state index in [0.717, 1.165) is 28.9 Å². The Morgan fingerprint density at radius 1 is 0.464 bits per heavy atom. The Kier molecular flexibility index (Phi) is 16.4. The second-order valence-corrected chi connectivity index (χ2v) is 12.7. The molecular weight excluding hydrogens is 695 g/mol. The van der Waals surface area contributed by atoms with E-state index in [-0.39, 0.29) is 12.0 Å². The Labute approximate surface area is 331 Å². The van der Waals surface area contributed by atoms with Crippen molar-refractivity contribution >= 4 is 7.32 Å². The van der Waals surface area contributed by atoms with Crippen molar-refractivity contribution < 1.29 is 33.8 Å². The van der Waals surface area contributed by atoms with Crippen LogP contribution in [0.3, 0.4) is 0 Å². The molecule has 2 heterocycles. The molecule has 0 spiro atoms. The molecule has 0 bridgehead atoms. The number of benzene rings is 5. The van der Waals surface area contributed by atoms with Crippen LogP contribution in [0.15, 0.2) is 200 Å².